The van der Waals surface area contributed by atoms with Crippen LogP contribution in [0.25, 0.3) is 11.7 Å². The number of benzene rings is 2. The number of imidazole rings is 1. The number of hydrogen-bond acceptors (Lipinski definition) is 4. The Kier molecular flexibility index (Phi) is 6.72. The number of carboxylic acid groups (broad SMARTS) is 1. The molecule has 4 aromatic rings. The summed E-state index contributed by atoms with van der Waals surface area (Å²) in [4.78, 5) is 32.0. The Morgan fingerprint density at radius 1 is 1.06 bits per heavy atom. The van der Waals surface area contributed by atoms with E-state index in [-0.39, 0.29) is 17.5 Å². The fourth-order valence-electron chi connectivity index (χ4n) is 3.31. The molecule has 0 saturated carbocycles. The van der Waals surface area contributed by atoms with Gasteiger partial charge in [-0.3, -0.25) is 14.0 Å². The molecule has 0 aliphatic heterocycles. The van der Waals surface area contributed by atoms with Gasteiger partial charge in [-0.15, -0.1) is 0 Å². The van der Waals surface area contributed by atoms with Gasteiger partial charge in [0.25, 0.3) is 0 Å². The molecule has 33 heavy (non-hydrogen) atoms. The minimum Gasteiger partial charge on any atom is -0.481 e. The summed E-state index contributed by atoms with van der Waals surface area (Å²) in [6, 6.07) is 14.5. The Labute approximate surface area is 199 Å². The maximum absolute atomic E-state index is 12.2. The second-order valence-corrected chi connectivity index (χ2v) is 8.03. The number of hydrogen-bond donors (Lipinski definition) is 2. The Hall–Kier alpha value is -3.68. The van der Waals surface area contributed by atoms with Crippen molar-refractivity contribution in [3.8, 4) is 0 Å². The molecule has 0 fully saturated rings. The summed E-state index contributed by atoms with van der Waals surface area (Å²) in [6.45, 7) is 0. The van der Waals surface area contributed by atoms with Crippen LogP contribution in [0.5, 0.6) is 0 Å². The Morgan fingerprint density at radius 3 is 2.48 bits per heavy atom. The smallest absolute Gasteiger partial charge is 0.308 e. The molecule has 2 N–H and O–H groups in total. The van der Waals surface area contributed by atoms with Gasteiger partial charge in [0.1, 0.15) is 16.6 Å². The minimum absolute atomic E-state index is 0.127. The molecular weight excluding hydrogens is 463 g/mol. The van der Waals surface area contributed by atoms with E-state index in [0.29, 0.717) is 34.2 Å². The van der Waals surface area contributed by atoms with Crippen molar-refractivity contribution in [2.45, 2.75) is 12.8 Å². The van der Waals surface area contributed by atoms with Crippen molar-refractivity contribution in [1.82, 2.24) is 14.4 Å². The van der Waals surface area contributed by atoms with Gasteiger partial charge < -0.3 is 10.4 Å². The summed E-state index contributed by atoms with van der Waals surface area (Å²) in [7, 11) is 0. The number of aliphatic carboxylic acids is 1. The number of fused-ring (bicyclic) bond motifs is 1. The molecule has 0 aliphatic rings. The van der Waals surface area contributed by atoms with Gasteiger partial charge >= 0.3 is 5.97 Å². The number of carbonyl (C=O) groups is 2. The highest BCUT2D eigenvalue weighted by Crippen LogP contribution is 2.22. The number of rotatable bonds is 7. The Balaban J connectivity index is 1.45. The van der Waals surface area contributed by atoms with Crippen LogP contribution in [0, 0.1) is 0 Å². The number of anilines is 1. The van der Waals surface area contributed by atoms with Crippen LogP contribution in [-0.4, -0.2) is 31.4 Å². The van der Waals surface area contributed by atoms with Gasteiger partial charge in [0.15, 0.2) is 0 Å². The van der Waals surface area contributed by atoms with Crippen molar-refractivity contribution in [3.63, 3.8) is 0 Å². The zero-order valence-electron chi connectivity index (χ0n) is 17.2. The van der Waals surface area contributed by atoms with Crippen LogP contribution in [0.3, 0.4) is 0 Å². The fourth-order valence-corrected chi connectivity index (χ4v) is 3.68. The number of nitrogens with one attached hydrogen (secondary N) is 1. The van der Waals surface area contributed by atoms with E-state index >= 15 is 0 Å². The zero-order chi connectivity index (χ0) is 23.4. The Bertz CT molecular complexity index is 1350. The molecule has 9 heteroatoms. The average molecular weight is 481 g/mol. The number of halogens is 2. The summed E-state index contributed by atoms with van der Waals surface area (Å²) in [5.74, 6) is -0.624. The first-order valence-corrected chi connectivity index (χ1v) is 10.7. The van der Waals surface area contributed by atoms with E-state index in [2.05, 4.69) is 15.3 Å². The SMILES string of the molecule is O=C(O)Cc1c(Cl)nc(Cc2ccc(NC(=O)/C=C/c3ccc(Cl)cc3)cc2)n2ccnc12. The van der Waals surface area contributed by atoms with Crippen LogP contribution < -0.4 is 5.32 Å². The van der Waals surface area contributed by atoms with E-state index in [9.17, 15) is 9.59 Å². The maximum Gasteiger partial charge on any atom is 0.308 e. The van der Waals surface area contributed by atoms with Crippen molar-refractivity contribution in [1.29, 1.82) is 0 Å². The van der Waals surface area contributed by atoms with Crippen molar-refractivity contribution < 1.29 is 14.7 Å². The molecule has 2 heterocycles. The summed E-state index contributed by atoms with van der Waals surface area (Å²) in [6.07, 6.45) is 6.66. The van der Waals surface area contributed by atoms with Gasteiger partial charge in [-0.25, -0.2) is 9.97 Å². The number of nitrogens with zero attached hydrogens (tertiary/aromatic N) is 3. The quantitative estimate of drug-likeness (QED) is 0.289. The number of aromatic nitrogens is 3. The first kappa shape index (κ1) is 22.5. The van der Waals surface area contributed by atoms with Crippen LogP contribution in [-0.2, 0) is 22.4 Å². The highest BCUT2D eigenvalue weighted by molar-refractivity contribution is 6.31. The third-order valence-corrected chi connectivity index (χ3v) is 5.44. The molecule has 4 rings (SSSR count). The number of carboxylic acids is 1. The molecule has 0 aliphatic carbocycles. The molecule has 2 aromatic carbocycles. The van der Waals surface area contributed by atoms with Crippen molar-refractivity contribution in [2.24, 2.45) is 0 Å². The lowest BCUT2D eigenvalue weighted by molar-refractivity contribution is -0.136. The molecule has 2 aromatic heterocycles. The van der Waals surface area contributed by atoms with E-state index in [1.165, 1.54) is 6.08 Å². The van der Waals surface area contributed by atoms with Crippen LogP contribution in [0.4, 0.5) is 5.69 Å². The van der Waals surface area contributed by atoms with Gasteiger partial charge in [0, 0.05) is 41.2 Å². The lowest BCUT2D eigenvalue weighted by Gasteiger charge is -2.10. The average Bonchev–Trinajstić information content (AvgIpc) is 3.27. The van der Waals surface area contributed by atoms with Gasteiger partial charge in [-0.1, -0.05) is 47.5 Å². The Morgan fingerprint density at radius 2 is 1.79 bits per heavy atom. The van der Waals surface area contributed by atoms with Crippen LogP contribution in [0.2, 0.25) is 10.2 Å². The molecule has 0 atom stereocenters. The third kappa shape index (κ3) is 5.58. The van der Waals surface area contributed by atoms with E-state index in [0.717, 1.165) is 11.1 Å². The van der Waals surface area contributed by atoms with Crippen molar-refractivity contribution in [2.75, 3.05) is 5.32 Å². The molecule has 0 spiro atoms. The lowest BCUT2D eigenvalue weighted by Crippen LogP contribution is -2.10. The predicted octanol–water partition coefficient (Wildman–Crippen LogP) is 4.91. The molecule has 1 amide bonds. The fraction of sp³-hybridized carbons (Fsp3) is 0.0833. The highest BCUT2D eigenvalue weighted by Gasteiger charge is 2.16. The van der Waals surface area contributed by atoms with E-state index < -0.39 is 5.97 Å². The summed E-state index contributed by atoms with van der Waals surface area (Å²) in [5, 5.41) is 12.7. The van der Waals surface area contributed by atoms with Crippen LogP contribution in [0.15, 0.2) is 67.0 Å². The molecule has 166 valence electrons. The summed E-state index contributed by atoms with van der Waals surface area (Å²) >= 11 is 12.1. The molecule has 0 radical (unpaired) electrons. The first-order chi connectivity index (χ1) is 15.9. The second kappa shape index (κ2) is 9.85. The normalized spacial score (nSPS) is 11.2. The monoisotopic (exact) mass is 480 g/mol. The topological polar surface area (TPSA) is 96.6 Å². The summed E-state index contributed by atoms with van der Waals surface area (Å²) < 4.78 is 1.74. The zero-order valence-corrected chi connectivity index (χ0v) is 18.7. The maximum atomic E-state index is 12.2. The van der Waals surface area contributed by atoms with Gasteiger partial charge in [-0.05, 0) is 41.5 Å². The van der Waals surface area contributed by atoms with Gasteiger partial charge in [-0.2, -0.15) is 0 Å². The van der Waals surface area contributed by atoms with Crippen molar-refractivity contribution in [3.05, 3.63) is 99.7 Å². The van der Waals surface area contributed by atoms with Gasteiger partial charge in [0.2, 0.25) is 5.91 Å². The highest BCUT2D eigenvalue weighted by atomic mass is 35.5. The molecular formula is C24H18Cl2N4O3. The van der Waals surface area contributed by atoms with Crippen LogP contribution in [0.1, 0.15) is 22.5 Å². The van der Waals surface area contributed by atoms with E-state index in [1.54, 1.807) is 47.1 Å². The third-order valence-electron chi connectivity index (χ3n) is 4.87. The molecule has 0 unspecified atom stereocenters. The molecule has 7 nitrogen and oxygen atoms in total. The predicted molar refractivity (Wildman–Crippen MR) is 128 cm³/mol. The van der Waals surface area contributed by atoms with Gasteiger partial charge in [0.05, 0.1) is 6.42 Å². The molecule has 0 bridgehead atoms. The van der Waals surface area contributed by atoms with E-state index in [4.69, 9.17) is 28.3 Å². The first-order valence-electron chi connectivity index (χ1n) is 9.95. The minimum atomic E-state index is -1.00. The lowest BCUT2D eigenvalue weighted by atomic mass is 10.1. The standard InChI is InChI=1S/C24H18Cl2N4O3/c25-17-6-1-15(2-7-17)5-10-21(31)28-18-8-3-16(4-9-18)13-20-29-23(26)19(14-22(32)33)24-27-11-12-30(20)24/h1-12H,13-14H2,(H,28,31)(H,32,33)/b10-5+. The van der Waals surface area contributed by atoms with Crippen molar-refractivity contribution >= 4 is 52.5 Å². The van der Waals surface area contributed by atoms with Crippen LogP contribution >= 0.6 is 23.2 Å². The number of carbonyl (C=O) groups excluding carboxylic acids is 1. The largest absolute Gasteiger partial charge is 0.481 e. The number of amides is 1. The van der Waals surface area contributed by atoms with E-state index in [1.807, 2.05) is 24.3 Å². The summed E-state index contributed by atoms with van der Waals surface area (Å²) in [5.41, 5.74) is 3.32. The molecule has 0 saturated heterocycles. The second-order valence-electron chi connectivity index (χ2n) is 7.24.